The number of piperazine rings is 1. The Morgan fingerprint density at radius 2 is 1.57 bits per heavy atom. The van der Waals surface area contributed by atoms with E-state index >= 15 is 0 Å². The van der Waals surface area contributed by atoms with E-state index in [2.05, 4.69) is 27.5 Å². The summed E-state index contributed by atoms with van der Waals surface area (Å²) >= 11 is 0. The Morgan fingerprint density at radius 3 is 2.29 bits per heavy atom. The van der Waals surface area contributed by atoms with Gasteiger partial charge < -0.3 is 24.4 Å². The number of nitrogens with one attached hydrogen (secondary N) is 1. The van der Waals surface area contributed by atoms with Crippen molar-refractivity contribution in [3.8, 4) is 22.8 Å². The molecule has 1 saturated heterocycles. The highest BCUT2D eigenvalue weighted by Gasteiger charge is 2.28. The number of para-hydroxylation sites is 1. The van der Waals surface area contributed by atoms with E-state index in [1.807, 2.05) is 98.5 Å². The van der Waals surface area contributed by atoms with Gasteiger partial charge in [-0.3, -0.25) is 0 Å². The van der Waals surface area contributed by atoms with E-state index in [9.17, 15) is 4.79 Å². The Kier molecular flexibility index (Phi) is 7.48. The maximum atomic E-state index is 12.8. The van der Waals surface area contributed by atoms with Gasteiger partial charge in [-0.2, -0.15) is 4.98 Å². The van der Waals surface area contributed by atoms with Crippen molar-refractivity contribution in [1.82, 2.24) is 25.3 Å². The summed E-state index contributed by atoms with van der Waals surface area (Å²) in [5.74, 6) is 2.85. The number of urea groups is 1. The Hall–Kier alpha value is -4.92. The fourth-order valence-corrected chi connectivity index (χ4v) is 5.02. The summed E-state index contributed by atoms with van der Waals surface area (Å²) in [5.41, 5.74) is 2.74. The summed E-state index contributed by atoms with van der Waals surface area (Å²) in [6.45, 7) is 8.35. The molecule has 1 N–H and O–H groups in total. The molecule has 1 fully saturated rings. The molecule has 1 aliphatic heterocycles. The predicted molar refractivity (Wildman–Crippen MR) is 163 cm³/mol. The number of nitrogens with zero attached hydrogens (tertiary/aromatic N) is 5. The van der Waals surface area contributed by atoms with E-state index in [0.717, 1.165) is 28.1 Å². The van der Waals surface area contributed by atoms with Gasteiger partial charge in [0.15, 0.2) is 0 Å². The van der Waals surface area contributed by atoms with Crippen LogP contribution in [-0.4, -0.2) is 57.8 Å². The summed E-state index contributed by atoms with van der Waals surface area (Å²) in [4.78, 5) is 26.7. The van der Waals surface area contributed by atoms with Crippen molar-refractivity contribution in [2.45, 2.75) is 32.7 Å². The van der Waals surface area contributed by atoms with Crippen molar-refractivity contribution in [2.24, 2.45) is 0 Å². The molecule has 1 aliphatic rings. The molecule has 0 aliphatic carbocycles. The number of hydrogen-bond acceptors (Lipinski definition) is 7. The normalized spacial score (nSPS) is 13.8. The van der Waals surface area contributed by atoms with Crippen LogP contribution in [0.4, 0.5) is 10.6 Å². The van der Waals surface area contributed by atoms with Gasteiger partial charge in [0, 0.05) is 43.7 Å². The minimum absolute atomic E-state index is 0.0550. The Morgan fingerprint density at radius 1 is 0.881 bits per heavy atom. The van der Waals surface area contributed by atoms with Crippen LogP contribution in [-0.2, 0) is 6.42 Å². The molecule has 9 heteroatoms. The fourth-order valence-electron chi connectivity index (χ4n) is 5.02. The van der Waals surface area contributed by atoms with Crippen LogP contribution in [0.25, 0.3) is 22.4 Å². The number of fused-ring (bicyclic) bond motifs is 1. The molecule has 9 nitrogen and oxygen atoms in total. The van der Waals surface area contributed by atoms with Gasteiger partial charge in [-0.15, -0.1) is 0 Å². The second-order valence-electron chi connectivity index (χ2n) is 11.4. The lowest BCUT2D eigenvalue weighted by Crippen LogP contribution is -2.55. The maximum Gasteiger partial charge on any atom is 0.317 e. The highest BCUT2D eigenvalue weighted by atomic mass is 16.5. The number of rotatable bonds is 6. The zero-order valence-electron chi connectivity index (χ0n) is 24.1. The first kappa shape index (κ1) is 27.3. The molecule has 2 amide bonds. The summed E-state index contributed by atoms with van der Waals surface area (Å²) in [6, 6.07) is 27.5. The zero-order chi connectivity index (χ0) is 29.1. The molecule has 5 aromatic rings. The topological polar surface area (TPSA) is 96.6 Å². The van der Waals surface area contributed by atoms with Crippen molar-refractivity contribution >= 4 is 22.9 Å². The van der Waals surface area contributed by atoms with Gasteiger partial charge in [0.05, 0.1) is 0 Å². The lowest BCUT2D eigenvalue weighted by atomic mass is 10.1. The largest absolute Gasteiger partial charge is 0.457 e. The van der Waals surface area contributed by atoms with Crippen LogP contribution in [0.5, 0.6) is 11.5 Å². The number of benzene rings is 3. The van der Waals surface area contributed by atoms with Crippen molar-refractivity contribution < 1.29 is 14.1 Å². The number of carbonyl (C=O) groups excluding carboxylic acids is 1. The first-order chi connectivity index (χ1) is 20.3. The number of aromatic nitrogens is 3. The standard InChI is InChI=1S/C33H34N6O3/c1-33(2,3)36-32(40)39-19-17-38(18-20-39)30-28-29(24-13-10-16-26(22-24)41-25-14-8-5-9-15-25)37-42-31(28)35-27(34-30)21-23-11-6-4-7-12-23/h4-16,22H,17-21H2,1-3H3,(H,36,40). The summed E-state index contributed by atoms with van der Waals surface area (Å²) in [5, 5.41) is 8.28. The van der Waals surface area contributed by atoms with Gasteiger partial charge >= 0.3 is 6.03 Å². The van der Waals surface area contributed by atoms with E-state index in [4.69, 9.17) is 19.2 Å². The fraction of sp³-hybridized carbons (Fsp3) is 0.273. The first-order valence-corrected chi connectivity index (χ1v) is 14.2. The lowest BCUT2D eigenvalue weighted by Gasteiger charge is -2.37. The molecular weight excluding hydrogens is 528 g/mol. The SMILES string of the molecule is CC(C)(C)NC(=O)N1CCN(c2nc(Cc3ccccc3)nc3onc(-c4cccc(Oc5ccccc5)c4)c23)CC1. The number of ether oxygens (including phenoxy) is 1. The average molecular weight is 563 g/mol. The summed E-state index contributed by atoms with van der Waals surface area (Å²) in [7, 11) is 0. The van der Waals surface area contributed by atoms with E-state index in [1.165, 1.54) is 0 Å². The molecule has 0 unspecified atom stereocenters. The highest BCUT2D eigenvalue weighted by molar-refractivity contribution is 5.98. The second kappa shape index (κ2) is 11.5. The third kappa shape index (κ3) is 6.20. The van der Waals surface area contributed by atoms with E-state index < -0.39 is 0 Å². The molecule has 2 aromatic heterocycles. The Labute approximate surface area is 245 Å². The highest BCUT2D eigenvalue weighted by Crippen LogP contribution is 2.36. The molecule has 0 atom stereocenters. The maximum absolute atomic E-state index is 12.8. The molecule has 214 valence electrons. The van der Waals surface area contributed by atoms with Crippen LogP contribution in [0.1, 0.15) is 32.2 Å². The van der Waals surface area contributed by atoms with Crippen LogP contribution in [0.15, 0.2) is 89.5 Å². The molecule has 0 radical (unpaired) electrons. The average Bonchev–Trinajstić information content (AvgIpc) is 3.41. The predicted octanol–water partition coefficient (Wildman–Crippen LogP) is 6.30. The van der Waals surface area contributed by atoms with Gasteiger partial charge in [0.1, 0.15) is 34.2 Å². The van der Waals surface area contributed by atoms with Crippen LogP contribution in [0.2, 0.25) is 0 Å². The molecule has 0 saturated carbocycles. The number of amides is 2. The van der Waals surface area contributed by atoms with E-state index in [-0.39, 0.29) is 11.6 Å². The van der Waals surface area contributed by atoms with E-state index in [1.54, 1.807) is 0 Å². The molecule has 0 spiro atoms. The van der Waals surface area contributed by atoms with Gasteiger partial charge in [-0.1, -0.05) is 65.8 Å². The first-order valence-electron chi connectivity index (χ1n) is 14.2. The van der Waals surface area contributed by atoms with Gasteiger partial charge in [-0.05, 0) is 50.6 Å². The van der Waals surface area contributed by atoms with Crippen molar-refractivity contribution in [3.05, 3.63) is 96.3 Å². The molecule has 6 rings (SSSR count). The minimum Gasteiger partial charge on any atom is -0.457 e. The number of hydrogen-bond donors (Lipinski definition) is 1. The molecule has 42 heavy (non-hydrogen) atoms. The Balaban J connectivity index is 1.35. The number of anilines is 1. The van der Waals surface area contributed by atoms with Gasteiger partial charge in [-0.25, -0.2) is 9.78 Å². The van der Waals surface area contributed by atoms with Crippen LogP contribution < -0.4 is 15.0 Å². The molecule has 3 heterocycles. The quantitative estimate of drug-likeness (QED) is 0.259. The third-order valence-electron chi connectivity index (χ3n) is 7.00. The number of carbonyl (C=O) groups is 1. The monoisotopic (exact) mass is 562 g/mol. The van der Waals surface area contributed by atoms with Gasteiger partial charge in [0.25, 0.3) is 5.71 Å². The van der Waals surface area contributed by atoms with Gasteiger partial charge in [0.2, 0.25) is 0 Å². The van der Waals surface area contributed by atoms with E-state index in [0.29, 0.717) is 55.6 Å². The Bertz CT molecular complexity index is 1670. The minimum atomic E-state index is -0.296. The zero-order valence-corrected chi connectivity index (χ0v) is 24.1. The molecular formula is C33H34N6O3. The lowest BCUT2D eigenvalue weighted by molar-refractivity contribution is 0.185. The third-order valence-corrected chi connectivity index (χ3v) is 7.00. The van der Waals surface area contributed by atoms with Crippen molar-refractivity contribution in [3.63, 3.8) is 0 Å². The van der Waals surface area contributed by atoms with Crippen LogP contribution in [0.3, 0.4) is 0 Å². The second-order valence-corrected chi connectivity index (χ2v) is 11.4. The molecule has 0 bridgehead atoms. The summed E-state index contributed by atoms with van der Waals surface area (Å²) < 4.78 is 11.9. The smallest absolute Gasteiger partial charge is 0.317 e. The summed E-state index contributed by atoms with van der Waals surface area (Å²) in [6.07, 6.45) is 0.564. The van der Waals surface area contributed by atoms with Crippen LogP contribution >= 0.6 is 0 Å². The van der Waals surface area contributed by atoms with Crippen LogP contribution in [0, 0.1) is 0 Å². The van der Waals surface area contributed by atoms with Crippen molar-refractivity contribution in [2.75, 3.05) is 31.1 Å². The molecule has 3 aromatic carbocycles. The van der Waals surface area contributed by atoms with Crippen molar-refractivity contribution in [1.29, 1.82) is 0 Å².